The molecule has 0 atom stereocenters. The second-order valence-corrected chi connectivity index (χ2v) is 5.30. The van der Waals surface area contributed by atoms with Crippen LogP contribution in [0.2, 0.25) is 0 Å². The van der Waals surface area contributed by atoms with E-state index in [9.17, 15) is 0 Å². The van der Waals surface area contributed by atoms with Crippen molar-refractivity contribution in [2.45, 2.75) is 0 Å². The van der Waals surface area contributed by atoms with Crippen LogP contribution in [0.4, 0.5) is 0 Å². The fourth-order valence-electron chi connectivity index (χ4n) is 0.388. The van der Waals surface area contributed by atoms with Crippen molar-refractivity contribution in [3.8, 4) is 0 Å². The monoisotopic (exact) mass is 474 g/mol. The Labute approximate surface area is 96.4 Å². The third-order valence-corrected chi connectivity index (χ3v) is 3.13. The first-order valence-corrected chi connectivity index (χ1v) is 7.68. The van der Waals surface area contributed by atoms with E-state index in [4.69, 9.17) is 0 Å². The van der Waals surface area contributed by atoms with Gasteiger partial charge in [0.05, 0.1) is 0 Å². The first-order chi connectivity index (χ1) is 4.72. The van der Waals surface area contributed by atoms with Crippen LogP contribution in [0.15, 0.2) is 0 Å². The average molecular weight is 474 g/mol. The summed E-state index contributed by atoms with van der Waals surface area (Å²) in [5, 5.41) is 0. The zero-order valence-corrected chi connectivity index (χ0v) is 11.4. The van der Waals surface area contributed by atoms with E-state index in [1.807, 2.05) is 0 Å². The fourth-order valence-corrected chi connectivity index (χ4v) is 3.63. The van der Waals surface area contributed by atoms with E-state index in [0.29, 0.717) is 0 Å². The summed E-state index contributed by atoms with van der Waals surface area (Å²) >= 11 is 4.21. The molecule has 0 radical (unpaired) electrons. The van der Waals surface area contributed by atoms with Crippen LogP contribution in [0.25, 0.3) is 0 Å². The van der Waals surface area contributed by atoms with E-state index in [1.54, 1.807) is 0 Å². The molecule has 1 aromatic heterocycles. The number of alkyl halides is 1. The molecule has 6 heteroatoms. The number of rotatable bonds is 1. The molecule has 0 N–H and O–H groups in total. The molecule has 3 nitrogen and oxygen atoms in total. The molecule has 0 aliphatic heterocycles. The second kappa shape index (κ2) is 4.28. The standard InChI is InChI=1S/C4H3I3N3/c1-7-4-9-2(5)8-3(6)10-4/h1H3/q-1. The quantitative estimate of drug-likeness (QED) is 0.349. The van der Waals surface area contributed by atoms with Gasteiger partial charge in [-0.15, -0.1) is 0 Å². The molecule has 1 heterocycles. The SMILES string of the molecule is C[I-]c1nc(I)nc(I)n1. The molecule has 1 rings (SSSR count). The van der Waals surface area contributed by atoms with Crippen LogP contribution >= 0.6 is 45.2 Å². The molecule has 0 spiro atoms. The van der Waals surface area contributed by atoms with E-state index in [0.717, 1.165) is 11.5 Å². The average Bonchev–Trinajstić information content (AvgIpc) is 1.85. The Morgan fingerprint density at radius 3 is 2.00 bits per heavy atom. The van der Waals surface area contributed by atoms with Crippen LogP contribution in [-0.2, 0) is 0 Å². The second-order valence-electron chi connectivity index (χ2n) is 1.33. The number of halogens is 3. The van der Waals surface area contributed by atoms with Gasteiger partial charge in [0.15, 0.2) is 0 Å². The molecule has 0 fully saturated rings. The number of hydrogen-bond acceptors (Lipinski definition) is 3. The molecule has 0 unspecified atom stereocenters. The van der Waals surface area contributed by atoms with Gasteiger partial charge in [-0.05, 0) is 0 Å². The van der Waals surface area contributed by atoms with Gasteiger partial charge in [0.2, 0.25) is 0 Å². The van der Waals surface area contributed by atoms with Crippen LogP contribution < -0.4 is 21.2 Å². The van der Waals surface area contributed by atoms with E-state index < -0.39 is 0 Å². The molecule has 0 aromatic carbocycles. The summed E-state index contributed by atoms with van der Waals surface area (Å²) in [5.41, 5.74) is 0. The summed E-state index contributed by atoms with van der Waals surface area (Å²) in [5.74, 6) is 0. The van der Waals surface area contributed by atoms with Gasteiger partial charge in [0, 0.05) is 0 Å². The van der Waals surface area contributed by atoms with Crippen LogP contribution in [0, 0.1) is 11.5 Å². The van der Waals surface area contributed by atoms with Crippen molar-refractivity contribution in [2.75, 3.05) is 4.93 Å². The van der Waals surface area contributed by atoms with E-state index >= 15 is 0 Å². The Morgan fingerprint density at radius 1 is 1.10 bits per heavy atom. The van der Waals surface area contributed by atoms with Crippen molar-refractivity contribution < 1.29 is 21.2 Å². The first-order valence-electron chi connectivity index (χ1n) is 2.29. The predicted octanol–water partition coefficient (Wildman–Crippen LogP) is -2.03. The maximum atomic E-state index is 4.16. The Hall–Kier alpha value is 1.20. The molecule has 0 saturated heterocycles. The summed E-state index contributed by atoms with van der Waals surface area (Å²) in [6.45, 7) is 0. The maximum absolute atomic E-state index is 4.16. The molecular formula is C4H3I3N3-. The number of aromatic nitrogens is 3. The summed E-state index contributed by atoms with van der Waals surface area (Å²) in [4.78, 5) is 14.5. The van der Waals surface area contributed by atoms with Gasteiger partial charge < -0.3 is 0 Å². The molecule has 1 aromatic rings. The van der Waals surface area contributed by atoms with Gasteiger partial charge in [-0.25, -0.2) is 0 Å². The third kappa shape index (κ3) is 2.68. The fraction of sp³-hybridized carbons (Fsp3) is 0.250. The summed E-state index contributed by atoms with van der Waals surface area (Å²) < 4.78 is 2.57. The molecule has 0 amide bonds. The molecule has 0 aliphatic carbocycles. The Bertz CT molecular complexity index is 219. The summed E-state index contributed by atoms with van der Waals surface area (Å²) in [7, 11) is 0. The number of hydrogen-bond donors (Lipinski definition) is 0. The van der Waals surface area contributed by atoms with Crippen LogP contribution in [0.5, 0.6) is 0 Å². The van der Waals surface area contributed by atoms with Gasteiger partial charge >= 0.3 is 97.8 Å². The minimum absolute atomic E-state index is 0.00399. The van der Waals surface area contributed by atoms with E-state index in [1.165, 1.54) is 0 Å². The first kappa shape index (κ1) is 9.29. The normalized spacial score (nSPS) is 10.3. The Morgan fingerprint density at radius 2 is 1.60 bits per heavy atom. The van der Waals surface area contributed by atoms with Crippen LogP contribution in [-0.4, -0.2) is 19.9 Å². The van der Waals surface area contributed by atoms with Crippen molar-refractivity contribution in [1.29, 1.82) is 0 Å². The number of nitrogens with zero attached hydrogens (tertiary/aromatic N) is 3. The topological polar surface area (TPSA) is 38.7 Å². The van der Waals surface area contributed by atoms with Gasteiger partial charge in [-0.3, -0.25) is 0 Å². The Kier molecular flexibility index (Phi) is 3.98. The molecule has 56 valence electrons. The molecule has 10 heavy (non-hydrogen) atoms. The van der Waals surface area contributed by atoms with Gasteiger partial charge in [0.25, 0.3) is 0 Å². The van der Waals surface area contributed by atoms with Crippen molar-refractivity contribution >= 4 is 45.2 Å². The van der Waals surface area contributed by atoms with Gasteiger partial charge in [-0.2, -0.15) is 0 Å². The zero-order chi connectivity index (χ0) is 7.56. The third-order valence-electron chi connectivity index (χ3n) is 0.723. The molecule has 0 bridgehead atoms. The predicted molar refractivity (Wildman–Crippen MR) is 49.9 cm³/mol. The molecular weight excluding hydrogens is 471 g/mol. The van der Waals surface area contributed by atoms with Crippen molar-refractivity contribution in [1.82, 2.24) is 15.0 Å². The van der Waals surface area contributed by atoms with Gasteiger partial charge in [0.1, 0.15) is 0 Å². The Balaban J connectivity index is 3.06. The van der Waals surface area contributed by atoms with E-state index in [2.05, 4.69) is 65.1 Å². The minimum atomic E-state index is 0.00399. The van der Waals surface area contributed by atoms with Crippen LogP contribution in [0.1, 0.15) is 0 Å². The summed E-state index contributed by atoms with van der Waals surface area (Å²) in [6, 6.07) is 0. The van der Waals surface area contributed by atoms with Crippen molar-refractivity contribution in [3.63, 3.8) is 0 Å². The van der Waals surface area contributed by atoms with Crippen molar-refractivity contribution in [3.05, 3.63) is 11.5 Å². The van der Waals surface area contributed by atoms with Gasteiger partial charge in [-0.1, -0.05) is 0 Å². The summed E-state index contributed by atoms with van der Waals surface area (Å²) in [6.07, 6.45) is 0. The molecule has 0 saturated carbocycles. The molecule has 0 aliphatic rings. The van der Waals surface area contributed by atoms with Crippen LogP contribution in [0.3, 0.4) is 0 Å². The zero-order valence-electron chi connectivity index (χ0n) is 4.98. The van der Waals surface area contributed by atoms with E-state index in [-0.39, 0.29) is 21.2 Å². The van der Waals surface area contributed by atoms with Crippen molar-refractivity contribution in [2.24, 2.45) is 0 Å².